The maximum Gasteiger partial charge on any atom is 0.0125 e. The maximum atomic E-state index is 2.44. The van der Waals surface area contributed by atoms with E-state index in [0.717, 1.165) is 11.0 Å². The summed E-state index contributed by atoms with van der Waals surface area (Å²) in [5, 5.41) is 3.47. The molecule has 0 nitrogen and oxygen atoms in total. The van der Waals surface area contributed by atoms with E-state index in [4.69, 9.17) is 0 Å². The zero-order valence-electron chi connectivity index (χ0n) is 15.2. The van der Waals surface area contributed by atoms with Gasteiger partial charge in [0.05, 0.1) is 0 Å². The molecule has 4 rings (SSSR count). The largest absolute Gasteiger partial charge is 0.154 e. The van der Waals surface area contributed by atoms with Crippen molar-refractivity contribution in [3.05, 3.63) is 90.0 Å². The minimum Gasteiger partial charge on any atom is -0.154 e. The quantitative estimate of drug-likeness (QED) is 0.460. The number of fused-ring (bicyclic) bond motifs is 1. The lowest BCUT2D eigenvalue weighted by Gasteiger charge is -2.20. The van der Waals surface area contributed by atoms with Gasteiger partial charge in [-0.15, -0.1) is 0 Å². The number of rotatable bonds is 5. The molecule has 0 radical (unpaired) electrons. The molecule has 132 valence electrons. The van der Waals surface area contributed by atoms with Crippen molar-refractivity contribution in [1.29, 1.82) is 0 Å². The van der Waals surface area contributed by atoms with Crippen molar-refractivity contribution in [2.24, 2.45) is 0 Å². The van der Waals surface area contributed by atoms with Gasteiger partial charge in [-0.3, -0.25) is 0 Å². The fourth-order valence-corrected chi connectivity index (χ4v) is 5.08. The Balaban J connectivity index is 1.62. The Morgan fingerprint density at radius 1 is 0.769 bits per heavy atom. The van der Waals surface area contributed by atoms with Gasteiger partial charge in [0.15, 0.2) is 0 Å². The number of thioether (sulfide) groups is 1. The van der Waals surface area contributed by atoms with Crippen LogP contribution in [-0.4, -0.2) is 11.0 Å². The van der Waals surface area contributed by atoms with Crippen LogP contribution in [0.3, 0.4) is 0 Å². The lowest BCUT2D eigenvalue weighted by molar-refractivity contribution is 0.516. The molecule has 0 bridgehead atoms. The molecule has 0 saturated heterocycles. The molecule has 0 heterocycles. The van der Waals surface area contributed by atoms with Gasteiger partial charge in [0.2, 0.25) is 0 Å². The van der Waals surface area contributed by atoms with Crippen molar-refractivity contribution < 1.29 is 0 Å². The van der Waals surface area contributed by atoms with Crippen LogP contribution >= 0.6 is 11.8 Å². The summed E-state index contributed by atoms with van der Waals surface area (Å²) in [6.07, 6.45) is 9.50. The fourth-order valence-electron chi connectivity index (χ4n) is 3.88. The molecule has 1 heteroatoms. The highest BCUT2D eigenvalue weighted by Crippen LogP contribution is 2.31. The molecule has 1 fully saturated rings. The molecule has 0 unspecified atom stereocenters. The van der Waals surface area contributed by atoms with Crippen LogP contribution < -0.4 is 0 Å². The van der Waals surface area contributed by atoms with Crippen molar-refractivity contribution >= 4 is 28.1 Å². The summed E-state index contributed by atoms with van der Waals surface area (Å²) in [4.78, 5) is 0. The first kappa shape index (κ1) is 17.4. The lowest BCUT2D eigenvalue weighted by atomic mass is 9.95. The van der Waals surface area contributed by atoms with E-state index in [1.54, 1.807) is 0 Å². The van der Waals surface area contributed by atoms with Crippen molar-refractivity contribution in [3.63, 3.8) is 0 Å². The molecule has 0 spiro atoms. The van der Waals surface area contributed by atoms with Crippen LogP contribution in [0.15, 0.2) is 78.9 Å². The Hall–Kier alpha value is -1.99. The Kier molecular flexibility index (Phi) is 5.76. The van der Waals surface area contributed by atoms with E-state index in [2.05, 4.69) is 90.6 Å². The zero-order chi connectivity index (χ0) is 17.6. The van der Waals surface area contributed by atoms with E-state index in [1.807, 2.05) is 0 Å². The van der Waals surface area contributed by atoms with Crippen LogP contribution in [0.2, 0.25) is 0 Å². The van der Waals surface area contributed by atoms with Crippen LogP contribution in [0.25, 0.3) is 16.3 Å². The molecular formula is C25H26S. The second kappa shape index (κ2) is 8.60. The third kappa shape index (κ3) is 4.22. The van der Waals surface area contributed by atoms with Gasteiger partial charge in [0.25, 0.3) is 0 Å². The summed E-state index contributed by atoms with van der Waals surface area (Å²) in [5.74, 6) is 1.10. The third-order valence-corrected chi connectivity index (χ3v) is 6.62. The molecule has 1 aliphatic rings. The van der Waals surface area contributed by atoms with Crippen LogP contribution in [0.5, 0.6) is 0 Å². The average Bonchev–Trinajstić information content (AvgIpc) is 2.72. The molecule has 3 aromatic carbocycles. The van der Waals surface area contributed by atoms with E-state index < -0.39 is 0 Å². The van der Waals surface area contributed by atoms with Crippen molar-refractivity contribution in [1.82, 2.24) is 0 Å². The number of hydrogen-bond acceptors (Lipinski definition) is 1. The summed E-state index contributed by atoms with van der Waals surface area (Å²) >= 11 is 2.14. The molecule has 1 aliphatic carbocycles. The minimum absolute atomic E-state index is 0.855. The molecule has 0 aromatic heterocycles. The Morgan fingerprint density at radius 3 is 2.31 bits per heavy atom. The molecule has 0 N–H and O–H groups in total. The summed E-state index contributed by atoms with van der Waals surface area (Å²) in [7, 11) is 0. The molecule has 0 aliphatic heterocycles. The van der Waals surface area contributed by atoms with E-state index in [9.17, 15) is 0 Å². The first-order valence-electron chi connectivity index (χ1n) is 9.76. The Bertz CT molecular complexity index is 873. The van der Waals surface area contributed by atoms with Gasteiger partial charge in [0.1, 0.15) is 0 Å². The summed E-state index contributed by atoms with van der Waals surface area (Å²) in [5.41, 5.74) is 3.99. The van der Waals surface area contributed by atoms with Gasteiger partial charge in [-0.2, -0.15) is 11.8 Å². The van der Waals surface area contributed by atoms with Crippen LogP contribution in [0.1, 0.15) is 43.2 Å². The minimum atomic E-state index is 0.855. The van der Waals surface area contributed by atoms with Gasteiger partial charge < -0.3 is 0 Å². The average molecular weight is 359 g/mol. The summed E-state index contributed by atoms with van der Waals surface area (Å²) in [6.45, 7) is 0. The Morgan fingerprint density at radius 2 is 1.50 bits per heavy atom. The van der Waals surface area contributed by atoms with E-state index in [-0.39, 0.29) is 0 Å². The van der Waals surface area contributed by atoms with Gasteiger partial charge >= 0.3 is 0 Å². The topological polar surface area (TPSA) is 0 Å². The number of hydrogen-bond donors (Lipinski definition) is 0. The summed E-state index contributed by atoms with van der Waals surface area (Å²) in [6, 6.07) is 26.3. The van der Waals surface area contributed by atoms with Gasteiger partial charge in [-0.25, -0.2) is 0 Å². The van der Waals surface area contributed by atoms with Gasteiger partial charge in [-0.1, -0.05) is 92.1 Å². The zero-order valence-corrected chi connectivity index (χ0v) is 16.1. The Labute approximate surface area is 161 Å². The van der Waals surface area contributed by atoms with Crippen LogP contribution in [0.4, 0.5) is 0 Å². The van der Waals surface area contributed by atoms with Crippen molar-refractivity contribution in [3.8, 4) is 0 Å². The van der Waals surface area contributed by atoms with Crippen LogP contribution in [0, 0.1) is 0 Å². The smallest absolute Gasteiger partial charge is 0.0125 e. The monoisotopic (exact) mass is 358 g/mol. The SMILES string of the molecule is C(/CSC1CCCCC1)=C(/c1ccccc1)c1ccc2ccccc2c1. The molecule has 0 amide bonds. The predicted octanol–water partition coefficient (Wildman–Crippen LogP) is 7.34. The van der Waals surface area contributed by atoms with Gasteiger partial charge in [0, 0.05) is 11.0 Å². The molecule has 26 heavy (non-hydrogen) atoms. The second-order valence-corrected chi connectivity index (χ2v) is 8.47. The number of benzene rings is 3. The summed E-state index contributed by atoms with van der Waals surface area (Å²) < 4.78 is 0. The third-order valence-electron chi connectivity index (χ3n) is 5.32. The normalized spacial score (nSPS) is 16.1. The molecule has 0 atom stereocenters. The van der Waals surface area contributed by atoms with Crippen LogP contribution in [-0.2, 0) is 0 Å². The predicted molar refractivity (Wildman–Crippen MR) is 117 cm³/mol. The standard InChI is InChI=1S/C25H26S/c1-3-10-21(11-4-1)25(17-18-26-24-13-5-2-6-14-24)23-16-15-20-9-7-8-12-22(20)19-23/h1,3-4,7-12,15-17,19,24H,2,5-6,13-14,18H2/b25-17+. The first-order valence-corrected chi connectivity index (χ1v) is 10.8. The second-order valence-electron chi connectivity index (χ2n) is 7.14. The highest BCUT2D eigenvalue weighted by atomic mass is 32.2. The highest BCUT2D eigenvalue weighted by molar-refractivity contribution is 8.00. The lowest BCUT2D eigenvalue weighted by Crippen LogP contribution is -2.08. The first-order chi connectivity index (χ1) is 12.9. The van der Waals surface area contributed by atoms with E-state index >= 15 is 0 Å². The van der Waals surface area contributed by atoms with Gasteiger partial charge in [-0.05, 0) is 46.4 Å². The van der Waals surface area contributed by atoms with Crippen molar-refractivity contribution in [2.75, 3.05) is 5.75 Å². The molecule has 3 aromatic rings. The van der Waals surface area contributed by atoms with Crippen molar-refractivity contribution in [2.45, 2.75) is 37.4 Å². The van der Waals surface area contributed by atoms with E-state index in [1.165, 1.54) is 59.6 Å². The maximum absolute atomic E-state index is 2.44. The molecule has 1 saturated carbocycles. The highest BCUT2D eigenvalue weighted by Gasteiger charge is 2.13. The van der Waals surface area contributed by atoms with E-state index in [0.29, 0.717) is 0 Å². The molecular weight excluding hydrogens is 332 g/mol. The fraction of sp³-hybridized carbons (Fsp3) is 0.280.